The number of hydrogen-bond acceptors (Lipinski definition) is 2. The van der Waals surface area contributed by atoms with Gasteiger partial charge in [-0.3, -0.25) is 0 Å². The van der Waals surface area contributed by atoms with Gasteiger partial charge in [0.25, 0.3) is 0 Å². The van der Waals surface area contributed by atoms with E-state index < -0.39 is 0 Å². The third-order valence-corrected chi connectivity index (χ3v) is 2.39. The molecule has 0 spiro atoms. The van der Waals surface area contributed by atoms with Crippen molar-refractivity contribution in [1.82, 2.24) is 0 Å². The van der Waals surface area contributed by atoms with Crippen LogP contribution in [0.25, 0.3) is 0 Å². The van der Waals surface area contributed by atoms with E-state index >= 15 is 0 Å². The maximum Gasteiger partial charge on any atom is 2.00 e. The van der Waals surface area contributed by atoms with Gasteiger partial charge in [-0.1, -0.05) is 25.7 Å². The first kappa shape index (κ1) is 23.1. The van der Waals surface area contributed by atoms with Crippen LogP contribution in [0.1, 0.15) is 58.8 Å². The van der Waals surface area contributed by atoms with Gasteiger partial charge < -0.3 is 28.8 Å². The summed E-state index contributed by atoms with van der Waals surface area (Å²) in [5.74, 6) is 0. The summed E-state index contributed by atoms with van der Waals surface area (Å²) >= 11 is 0. The molecule has 0 aliphatic rings. The first-order valence-electron chi connectivity index (χ1n) is 6.37. The molecule has 17 heavy (non-hydrogen) atoms. The zero-order valence-electron chi connectivity index (χ0n) is 11.5. The van der Waals surface area contributed by atoms with Gasteiger partial charge in [0.1, 0.15) is 0 Å². The van der Waals surface area contributed by atoms with Gasteiger partial charge in [0.2, 0.25) is 0 Å². The number of rotatable bonds is 11. The standard InChI is InChI=1S/C13H27O2.ClH.Mg/c1-4-7-8-9-10-11-12-13(14-5-2)15-6-3;;/h13H,1,4-12H2,2-3H3;1H;/q-1;;+2/p-1. The minimum atomic E-state index is 0. The largest absolute Gasteiger partial charge is 2.00 e. The summed E-state index contributed by atoms with van der Waals surface area (Å²) in [4.78, 5) is 0. The SMILES string of the molecule is [CH2-]CCCCCCCC(OCC)OCC.[Cl-].[Mg+2]. The molecule has 4 heteroatoms. The summed E-state index contributed by atoms with van der Waals surface area (Å²) in [5, 5.41) is 0. The van der Waals surface area contributed by atoms with Crippen LogP contribution in [0.15, 0.2) is 0 Å². The fraction of sp³-hybridized carbons (Fsp3) is 0.923. The van der Waals surface area contributed by atoms with Crippen molar-refractivity contribution < 1.29 is 21.9 Å². The molecule has 100 valence electrons. The van der Waals surface area contributed by atoms with Gasteiger partial charge in [-0.15, -0.1) is 0 Å². The molecule has 0 N–H and O–H groups in total. The molecule has 0 saturated heterocycles. The van der Waals surface area contributed by atoms with Crippen LogP contribution >= 0.6 is 0 Å². The predicted molar refractivity (Wildman–Crippen MR) is 70.5 cm³/mol. The van der Waals surface area contributed by atoms with Gasteiger partial charge in [0.15, 0.2) is 6.29 Å². The Morgan fingerprint density at radius 2 is 1.35 bits per heavy atom. The van der Waals surface area contributed by atoms with Crippen molar-refractivity contribution in [1.29, 1.82) is 0 Å². The molecule has 0 bridgehead atoms. The zero-order valence-corrected chi connectivity index (χ0v) is 13.7. The van der Waals surface area contributed by atoms with E-state index in [1.807, 2.05) is 13.8 Å². The zero-order chi connectivity index (χ0) is 11.4. The fourth-order valence-electron chi connectivity index (χ4n) is 1.60. The van der Waals surface area contributed by atoms with Crippen LogP contribution in [0.3, 0.4) is 0 Å². The summed E-state index contributed by atoms with van der Waals surface area (Å²) in [6, 6.07) is 0. The van der Waals surface area contributed by atoms with E-state index in [1.165, 1.54) is 32.1 Å². The minimum absolute atomic E-state index is 0. The molecule has 0 aromatic carbocycles. The van der Waals surface area contributed by atoms with E-state index in [0.717, 1.165) is 26.1 Å². The number of halogens is 1. The maximum absolute atomic E-state index is 5.48. The Morgan fingerprint density at radius 1 is 0.882 bits per heavy atom. The molecule has 0 atom stereocenters. The third-order valence-electron chi connectivity index (χ3n) is 2.39. The van der Waals surface area contributed by atoms with E-state index in [0.29, 0.717) is 0 Å². The van der Waals surface area contributed by atoms with Gasteiger partial charge in [0.05, 0.1) is 0 Å². The summed E-state index contributed by atoms with van der Waals surface area (Å²) in [6.07, 6.45) is 8.52. The maximum atomic E-state index is 5.48. The molecule has 0 saturated carbocycles. The molecule has 0 heterocycles. The van der Waals surface area contributed by atoms with Crippen LogP contribution in [-0.2, 0) is 9.47 Å². The van der Waals surface area contributed by atoms with Gasteiger partial charge in [0, 0.05) is 13.2 Å². The molecule has 0 rings (SSSR count). The predicted octanol–water partition coefficient (Wildman–Crippen LogP) is 0.573. The number of hydrogen-bond donors (Lipinski definition) is 0. The van der Waals surface area contributed by atoms with Crippen LogP contribution < -0.4 is 12.4 Å². The van der Waals surface area contributed by atoms with E-state index in [9.17, 15) is 0 Å². The molecule has 0 aliphatic carbocycles. The van der Waals surface area contributed by atoms with Crippen LogP contribution in [0, 0.1) is 6.92 Å². The summed E-state index contributed by atoms with van der Waals surface area (Å²) in [5.41, 5.74) is 0. The Labute approximate surface area is 130 Å². The molecule has 0 fully saturated rings. The monoisotopic (exact) mass is 274 g/mol. The second-order valence-corrected chi connectivity index (χ2v) is 3.75. The molecule has 0 unspecified atom stereocenters. The Hall–Kier alpha value is 0.976. The van der Waals surface area contributed by atoms with Crippen LogP contribution in [-0.4, -0.2) is 42.6 Å². The molecule has 0 aromatic heterocycles. The molecule has 0 aliphatic heterocycles. The Bertz CT molecular complexity index is 120. The van der Waals surface area contributed by atoms with Crippen molar-refractivity contribution >= 4 is 23.1 Å². The minimum Gasteiger partial charge on any atom is -1.00 e. The molecule has 0 amide bonds. The van der Waals surface area contributed by atoms with Crippen molar-refractivity contribution in [3.63, 3.8) is 0 Å². The Morgan fingerprint density at radius 3 is 1.82 bits per heavy atom. The van der Waals surface area contributed by atoms with Crippen LogP contribution in [0.2, 0.25) is 0 Å². The van der Waals surface area contributed by atoms with E-state index in [-0.39, 0.29) is 41.7 Å². The smallest absolute Gasteiger partial charge is 1.00 e. The van der Waals surface area contributed by atoms with Crippen molar-refractivity contribution in [2.24, 2.45) is 0 Å². The first-order valence-corrected chi connectivity index (χ1v) is 6.37. The Balaban J connectivity index is -0.000000980. The molecule has 2 nitrogen and oxygen atoms in total. The molecular weight excluding hydrogens is 248 g/mol. The quantitative estimate of drug-likeness (QED) is 0.238. The number of unbranched alkanes of at least 4 members (excludes halogenated alkanes) is 5. The molecule has 0 aromatic rings. The van der Waals surface area contributed by atoms with Crippen molar-refractivity contribution in [2.75, 3.05) is 13.2 Å². The van der Waals surface area contributed by atoms with E-state index in [2.05, 4.69) is 6.92 Å². The van der Waals surface area contributed by atoms with Gasteiger partial charge in [-0.2, -0.15) is 6.42 Å². The molecule has 0 radical (unpaired) electrons. The van der Waals surface area contributed by atoms with Gasteiger partial charge >= 0.3 is 23.1 Å². The second-order valence-electron chi connectivity index (χ2n) is 3.75. The summed E-state index contributed by atoms with van der Waals surface area (Å²) in [6.45, 7) is 9.35. The van der Waals surface area contributed by atoms with Crippen LogP contribution in [0.4, 0.5) is 0 Å². The Kier molecular flexibility index (Phi) is 26.2. The molecular formula is C13H27ClMgO2. The van der Waals surface area contributed by atoms with Crippen molar-refractivity contribution in [3.05, 3.63) is 6.92 Å². The fourth-order valence-corrected chi connectivity index (χ4v) is 1.60. The van der Waals surface area contributed by atoms with E-state index in [4.69, 9.17) is 9.47 Å². The second kappa shape index (κ2) is 19.3. The average Bonchev–Trinajstić information content (AvgIpc) is 2.24. The summed E-state index contributed by atoms with van der Waals surface area (Å²) < 4.78 is 11.0. The van der Waals surface area contributed by atoms with Crippen molar-refractivity contribution in [3.8, 4) is 0 Å². The van der Waals surface area contributed by atoms with E-state index in [1.54, 1.807) is 0 Å². The van der Waals surface area contributed by atoms with Gasteiger partial charge in [-0.25, -0.2) is 0 Å². The third kappa shape index (κ3) is 17.0. The number of ether oxygens (including phenoxy) is 2. The average molecular weight is 275 g/mol. The first-order chi connectivity index (χ1) is 7.35. The van der Waals surface area contributed by atoms with Crippen molar-refractivity contribution in [2.45, 2.75) is 65.1 Å². The topological polar surface area (TPSA) is 18.5 Å². The van der Waals surface area contributed by atoms with Gasteiger partial charge in [-0.05, 0) is 26.7 Å². The summed E-state index contributed by atoms with van der Waals surface area (Å²) in [7, 11) is 0. The normalized spacial score (nSPS) is 9.88. The van der Waals surface area contributed by atoms with Crippen LogP contribution in [0.5, 0.6) is 0 Å².